The van der Waals surface area contributed by atoms with Gasteiger partial charge in [0.15, 0.2) is 0 Å². The Balaban J connectivity index is 2.06. The number of piperidine rings is 1. The number of nitrogens with one attached hydrogen (secondary N) is 1. The third-order valence-corrected chi connectivity index (χ3v) is 5.00. The standard InChI is InChI=1S/C13H16ClFN2O3S/c1-21(19,20)17-6-2-3-9(8-17)13(18)16-12-5-4-10(15)7-11(12)14/h4-5,7,9H,2-3,6,8H2,1H3,(H,16,18)/t9-/m1/s1. The number of halogens is 2. The largest absolute Gasteiger partial charge is 0.324 e. The van der Waals surface area contributed by atoms with Crippen LogP contribution in [0.15, 0.2) is 18.2 Å². The molecule has 1 aromatic rings. The molecule has 21 heavy (non-hydrogen) atoms. The fourth-order valence-electron chi connectivity index (χ4n) is 2.28. The number of anilines is 1. The Morgan fingerprint density at radius 3 is 2.81 bits per heavy atom. The Morgan fingerprint density at radius 1 is 1.48 bits per heavy atom. The maximum atomic E-state index is 13.0. The van der Waals surface area contributed by atoms with E-state index in [0.29, 0.717) is 25.1 Å². The summed E-state index contributed by atoms with van der Waals surface area (Å²) in [5.74, 6) is -1.23. The smallest absolute Gasteiger partial charge is 0.228 e. The van der Waals surface area contributed by atoms with Gasteiger partial charge < -0.3 is 5.32 Å². The lowest BCUT2D eigenvalue weighted by Gasteiger charge is -2.30. The second-order valence-corrected chi connectivity index (χ2v) is 7.46. The van der Waals surface area contributed by atoms with Crippen LogP contribution in [-0.4, -0.2) is 38.0 Å². The molecule has 1 heterocycles. The van der Waals surface area contributed by atoms with E-state index in [1.807, 2.05) is 0 Å². The van der Waals surface area contributed by atoms with Gasteiger partial charge in [-0.1, -0.05) is 11.6 Å². The van der Waals surface area contributed by atoms with E-state index < -0.39 is 21.8 Å². The Bertz CT molecular complexity index is 651. The van der Waals surface area contributed by atoms with E-state index in [1.165, 1.54) is 16.4 Å². The van der Waals surface area contributed by atoms with Gasteiger partial charge in [-0.15, -0.1) is 0 Å². The molecule has 1 aliphatic heterocycles. The molecule has 1 N–H and O–H groups in total. The fourth-order valence-corrected chi connectivity index (χ4v) is 3.41. The molecule has 0 spiro atoms. The van der Waals surface area contributed by atoms with Crippen LogP contribution in [0, 0.1) is 11.7 Å². The lowest BCUT2D eigenvalue weighted by Crippen LogP contribution is -2.43. The number of amides is 1. The normalized spacial score (nSPS) is 20.2. The number of carbonyl (C=O) groups is 1. The Morgan fingerprint density at radius 2 is 2.19 bits per heavy atom. The predicted molar refractivity (Wildman–Crippen MR) is 79.2 cm³/mol. The highest BCUT2D eigenvalue weighted by Gasteiger charge is 2.30. The molecule has 0 saturated carbocycles. The van der Waals surface area contributed by atoms with Crippen LogP contribution in [0.5, 0.6) is 0 Å². The van der Waals surface area contributed by atoms with Gasteiger partial charge in [-0.05, 0) is 31.0 Å². The molecule has 0 radical (unpaired) electrons. The summed E-state index contributed by atoms with van der Waals surface area (Å²) >= 11 is 5.85. The van der Waals surface area contributed by atoms with E-state index in [0.717, 1.165) is 12.3 Å². The van der Waals surface area contributed by atoms with Gasteiger partial charge in [-0.3, -0.25) is 4.79 Å². The van der Waals surface area contributed by atoms with E-state index in [9.17, 15) is 17.6 Å². The molecule has 1 aliphatic rings. The van der Waals surface area contributed by atoms with Gasteiger partial charge in [-0.25, -0.2) is 17.1 Å². The van der Waals surface area contributed by atoms with E-state index >= 15 is 0 Å². The maximum Gasteiger partial charge on any atom is 0.228 e. The number of hydrogen-bond donors (Lipinski definition) is 1. The highest BCUT2D eigenvalue weighted by molar-refractivity contribution is 7.88. The summed E-state index contributed by atoms with van der Waals surface area (Å²) in [6.07, 6.45) is 2.36. The summed E-state index contributed by atoms with van der Waals surface area (Å²) in [7, 11) is -3.30. The van der Waals surface area contributed by atoms with Crippen molar-refractivity contribution in [3.8, 4) is 0 Å². The van der Waals surface area contributed by atoms with Gasteiger partial charge in [-0.2, -0.15) is 0 Å². The van der Waals surface area contributed by atoms with Crippen molar-refractivity contribution >= 4 is 33.2 Å². The molecule has 0 aliphatic carbocycles. The van der Waals surface area contributed by atoms with Gasteiger partial charge in [0.1, 0.15) is 5.82 Å². The molecular weight excluding hydrogens is 319 g/mol. The molecule has 5 nitrogen and oxygen atoms in total. The van der Waals surface area contributed by atoms with E-state index in [1.54, 1.807) is 0 Å². The van der Waals surface area contributed by atoms with Gasteiger partial charge in [0.25, 0.3) is 0 Å². The monoisotopic (exact) mass is 334 g/mol. The van der Waals surface area contributed by atoms with Crippen LogP contribution >= 0.6 is 11.6 Å². The van der Waals surface area contributed by atoms with Crippen LogP contribution in [0.3, 0.4) is 0 Å². The van der Waals surface area contributed by atoms with Gasteiger partial charge in [0.05, 0.1) is 22.9 Å². The zero-order valence-electron chi connectivity index (χ0n) is 11.5. The topological polar surface area (TPSA) is 66.5 Å². The van der Waals surface area contributed by atoms with Gasteiger partial charge >= 0.3 is 0 Å². The molecular formula is C13H16ClFN2O3S. The minimum Gasteiger partial charge on any atom is -0.324 e. The van der Waals surface area contributed by atoms with E-state index in [4.69, 9.17) is 11.6 Å². The lowest BCUT2D eigenvalue weighted by molar-refractivity contribution is -0.120. The van der Waals surface area contributed by atoms with Crippen LogP contribution in [0.4, 0.5) is 10.1 Å². The van der Waals surface area contributed by atoms with Crippen molar-refractivity contribution in [1.29, 1.82) is 0 Å². The lowest BCUT2D eigenvalue weighted by atomic mass is 9.98. The zero-order valence-corrected chi connectivity index (χ0v) is 13.0. The van der Waals surface area contributed by atoms with Crippen LogP contribution < -0.4 is 5.32 Å². The molecule has 1 aromatic carbocycles. The molecule has 2 rings (SSSR count). The van der Waals surface area contributed by atoms with Crippen molar-refractivity contribution in [2.45, 2.75) is 12.8 Å². The van der Waals surface area contributed by atoms with Crippen LogP contribution in [-0.2, 0) is 14.8 Å². The number of benzene rings is 1. The molecule has 0 bridgehead atoms. The second-order valence-electron chi connectivity index (χ2n) is 5.07. The molecule has 1 fully saturated rings. The highest BCUT2D eigenvalue weighted by atomic mass is 35.5. The number of rotatable bonds is 3. The Kier molecular flexibility index (Phi) is 4.85. The number of nitrogens with zero attached hydrogens (tertiary/aromatic N) is 1. The summed E-state index contributed by atoms with van der Waals surface area (Å²) in [5, 5.41) is 2.73. The summed E-state index contributed by atoms with van der Waals surface area (Å²) in [4.78, 5) is 12.2. The van der Waals surface area contributed by atoms with Crippen LogP contribution in [0.25, 0.3) is 0 Å². The molecule has 116 valence electrons. The quantitative estimate of drug-likeness (QED) is 0.920. The second kappa shape index (κ2) is 6.29. The molecule has 1 atom stereocenters. The predicted octanol–water partition coefficient (Wildman–Crippen LogP) is 2.09. The molecule has 1 saturated heterocycles. The third kappa shape index (κ3) is 4.15. The third-order valence-electron chi connectivity index (χ3n) is 3.41. The SMILES string of the molecule is CS(=O)(=O)N1CCC[C@@H](C(=O)Nc2ccc(F)cc2Cl)C1. The first-order valence-electron chi connectivity index (χ1n) is 6.48. The Hall–Kier alpha value is -1.18. The summed E-state index contributed by atoms with van der Waals surface area (Å²) in [6.45, 7) is 0.587. The molecule has 1 amide bonds. The molecule has 0 aromatic heterocycles. The summed E-state index contributed by atoms with van der Waals surface area (Å²) in [6, 6.07) is 3.69. The van der Waals surface area contributed by atoms with Gasteiger partial charge in [0, 0.05) is 13.1 Å². The number of hydrogen-bond acceptors (Lipinski definition) is 3. The first-order valence-corrected chi connectivity index (χ1v) is 8.71. The summed E-state index contributed by atoms with van der Waals surface area (Å²) < 4.78 is 37.3. The minimum absolute atomic E-state index is 0.110. The maximum absolute atomic E-state index is 13.0. The minimum atomic E-state index is -3.30. The van der Waals surface area contributed by atoms with Crippen molar-refractivity contribution in [2.24, 2.45) is 5.92 Å². The van der Waals surface area contributed by atoms with Crippen LogP contribution in [0.2, 0.25) is 5.02 Å². The zero-order chi connectivity index (χ0) is 15.6. The fraction of sp³-hybridized carbons (Fsp3) is 0.462. The average Bonchev–Trinajstić information content (AvgIpc) is 2.41. The van der Waals surface area contributed by atoms with Crippen molar-refractivity contribution in [2.75, 3.05) is 24.7 Å². The summed E-state index contributed by atoms with van der Waals surface area (Å²) in [5.41, 5.74) is 0.319. The Labute approximate surface area is 128 Å². The average molecular weight is 335 g/mol. The van der Waals surface area contributed by atoms with E-state index in [2.05, 4.69) is 5.32 Å². The van der Waals surface area contributed by atoms with E-state index in [-0.39, 0.29) is 17.5 Å². The molecule has 8 heteroatoms. The number of sulfonamides is 1. The number of carbonyl (C=O) groups excluding carboxylic acids is 1. The van der Waals surface area contributed by atoms with Crippen LogP contribution in [0.1, 0.15) is 12.8 Å². The van der Waals surface area contributed by atoms with Gasteiger partial charge in [0.2, 0.25) is 15.9 Å². The highest BCUT2D eigenvalue weighted by Crippen LogP contribution is 2.25. The van der Waals surface area contributed by atoms with Crippen molar-refractivity contribution in [3.05, 3.63) is 29.0 Å². The molecule has 0 unspecified atom stereocenters. The first kappa shape index (κ1) is 16.2. The van der Waals surface area contributed by atoms with Crippen molar-refractivity contribution in [1.82, 2.24) is 4.31 Å². The van der Waals surface area contributed by atoms with Crippen molar-refractivity contribution in [3.63, 3.8) is 0 Å². The first-order chi connectivity index (χ1) is 9.77. The van der Waals surface area contributed by atoms with Crippen molar-refractivity contribution < 1.29 is 17.6 Å².